The normalized spacial score (nSPS) is 10.1. The first-order valence-electron chi connectivity index (χ1n) is 8.35. The van der Waals surface area contributed by atoms with Gasteiger partial charge in [0.25, 0.3) is 5.69 Å². The Morgan fingerprint density at radius 1 is 0.962 bits per heavy atom. The number of hydrogen-bond donors (Lipinski definition) is 1. The van der Waals surface area contributed by atoms with Gasteiger partial charge in [-0.25, -0.2) is 12.7 Å². The molecule has 2 aromatic carbocycles. The van der Waals surface area contributed by atoms with Crippen LogP contribution in [0.1, 0.15) is 27.7 Å². The van der Waals surface area contributed by atoms with Crippen LogP contribution < -0.4 is 5.32 Å². The molecule has 8 heteroatoms. The highest BCUT2D eigenvalue weighted by molar-refractivity contribution is 7.89. The zero-order valence-electron chi connectivity index (χ0n) is 16.1. The third kappa shape index (κ3) is 6.12. The van der Waals surface area contributed by atoms with Crippen LogP contribution in [0.2, 0.25) is 0 Å². The van der Waals surface area contributed by atoms with Gasteiger partial charge in [0.2, 0.25) is 10.0 Å². The molecular formula is C18H27N3O4S. The molecule has 0 fully saturated rings. The second-order valence-electron chi connectivity index (χ2n) is 4.71. The summed E-state index contributed by atoms with van der Waals surface area (Å²) in [6.07, 6.45) is 0. The molecule has 0 saturated heterocycles. The topological polar surface area (TPSA) is 92.6 Å². The molecule has 0 atom stereocenters. The van der Waals surface area contributed by atoms with Crippen LogP contribution >= 0.6 is 0 Å². The zero-order valence-corrected chi connectivity index (χ0v) is 16.9. The Hall–Kier alpha value is -2.45. The second kappa shape index (κ2) is 11.2. The highest BCUT2D eigenvalue weighted by Gasteiger charge is 2.23. The third-order valence-electron chi connectivity index (χ3n) is 3.00. The maximum absolute atomic E-state index is 12.1. The number of sulfonamides is 1. The molecule has 0 unspecified atom stereocenters. The minimum absolute atomic E-state index is 0.122. The molecule has 0 aliphatic carbocycles. The number of nitrogens with one attached hydrogen (secondary N) is 1. The highest BCUT2D eigenvalue weighted by Crippen LogP contribution is 2.30. The van der Waals surface area contributed by atoms with Gasteiger partial charge in [-0.2, -0.15) is 0 Å². The molecule has 0 amide bonds. The van der Waals surface area contributed by atoms with E-state index in [-0.39, 0.29) is 16.3 Å². The fourth-order valence-electron chi connectivity index (χ4n) is 1.82. The van der Waals surface area contributed by atoms with E-state index in [0.717, 1.165) is 10.4 Å². The van der Waals surface area contributed by atoms with Crippen molar-refractivity contribution in [2.45, 2.75) is 32.6 Å². The first-order valence-corrected chi connectivity index (χ1v) is 9.79. The summed E-state index contributed by atoms with van der Waals surface area (Å²) < 4.78 is 25.1. The van der Waals surface area contributed by atoms with Crippen LogP contribution in [0.3, 0.4) is 0 Å². The van der Waals surface area contributed by atoms with Crippen LogP contribution in [-0.4, -0.2) is 31.7 Å². The predicted molar refractivity (Wildman–Crippen MR) is 106 cm³/mol. The highest BCUT2D eigenvalue weighted by atomic mass is 32.2. The van der Waals surface area contributed by atoms with Crippen molar-refractivity contribution in [3.8, 4) is 0 Å². The number of nitro groups is 1. The monoisotopic (exact) mass is 381 g/mol. The molecule has 7 nitrogen and oxygen atoms in total. The SMILES string of the molecule is CC.CC.CN(C)S(=O)(=O)c1ccc(Nc2ccccc2)c([N+](=O)[O-])c1. The van der Waals surface area contributed by atoms with E-state index >= 15 is 0 Å². The Kier molecular flexibility index (Phi) is 10.2. The van der Waals surface area contributed by atoms with Crippen molar-refractivity contribution in [3.05, 3.63) is 58.6 Å². The molecule has 1 N–H and O–H groups in total. The Bertz CT molecular complexity index is 791. The fraction of sp³-hybridized carbons (Fsp3) is 0.333. The van der Waals surface area contributed by atoms with E-state index in [4.69, 9.17) is 0 Å². The molecule has 144 valence electrons. The quantitative estimate of drug-likeness (QED) is 0.601. The van der Waals surface area contributed by atoms with Crippen LogP contribution in [0.25, 0.3) is 0 Å². The zero-order chi connectivity index (χ0) is 20.3. The largest absolute Gasteiger partial charge is 0.350 e. The maximum atomic E-state index is 12.1. The van der Waals surface area contributed by atoms with Gasteiger partial charge in [-0.1, -0.05) is 45.9 Å². The van der Waals surface area contributed by atoms with Crippen LogP contribution in [0.5, 0.6) is 0 Å². The number of anilines is 2. The molecule has 0 bridgehead atoms. The van der Waals surface area contributed by atoms with Gasteiger partial charge in [-0.15, -0.1) is 0 Å². The summed E-state index contributed by atoms with van der Waals surface area (Å²) in [6, 6.07) is 12.7. The molecule has 0 aliphatic heterocycles. The van der Waals surface area contributed by atoms with E-state index in [1.165, 1.54) is 26.2 Å². The van der Waals surface area contributed by atoms with Crippen LogP contribution in [-0.2, 0) is 10.0 Å². The summed E-state index contributed by atoms with van der Waals surface area (Å²) in [5.74, 6) is 0. The maximum Gasteiger partial charge on any atom is 0.294 e. The number of nitrogens with zero attached hydrogens (tertiary/aromatic N) is 2. The Labute approximate surface area is 155 Å². The van der Waals surface area contributed by atoms with Crippen molar-refractivity contribution in [2.24, 2.45) is 0 Å². The van der Waals surface area contributed by atoms with Gasteiger partial charge in [-0.3, -0.25) is 10.1 Å². The first-order chi connectivity index (χ1) is 12.3. The minimum Gasteiger partial charge on any atom is -0.350 e. The van der Waals surface area contributed by atoms with E-state index in [0.29, 0.717) is 5.69 Å². The van der Waals surface area contributed by atoms with Gasteiger partial charge in [0.05, 0.1) is 9.82 Å². The standard InChI is InChI=1S/C14H15N3O4S.2C2H6/c1-16(2)22(20,21)12-8-9-13(14(10-12)17(18)19)15-11-6-4-3-5-7-11;2*1-2/h3-10,15H,1-2H3;2*1-2H3. The number of benzene rings is 2. The molecule has 26 heavy (non-hydrogen) atoms. The van der Waals surface area contributed by atoms with E-state index in [9.17, 15) is 18.5 Å². The molecule has 0 aliphatic rings. The van der Waals surface area contributed by atoms with Crippen molar-refractivity contribution in [1.29, 1.82) is 0 Å². The van der Waals surface area contributed by atoms with Gasteiger partial charge in [0.15, 0.2) is 0 Å². The average molecular weight is 381 g/mol. The first kappa shape index (κ1) is 23.5. The fourth-order valence-corrected chi connectivity index (χ4v) is 2.74. The van der Waals surface area contributed by atoms with Crippen LogP contribution in [0, 0.1) is 10.1 Å². The number of para-hydroxylation sites is 1. The van der Waals surface area contributed by atoms with E-state index < -0.39 is 14.9 Å². The molecule has 0 saturated carbocycles. The molecule has 0 radical (unpaired) electrons. The van der Waals surface area contributed by atoms with Gasteiger partial charge in [-0.05, 0) is 24.3 Å². The summed E-state index contributed by atoms with van der Waals surface area (Å²) in [7, 11) is -0.977. The summed E-state index contributed by atoms with van der Waals surface area (Å²) >= 11 is 0. The van der Waals surface area contributed by atoms with Gasteiger partial charge < -0.3 is 5.32 Å². The molecule has 0 aromatic heterocycles. The summed E-state index contributed by atoms with van der Waals surface area (Å²) in [5.41, 5.74) is 0.606. The van der Waals surface area contributed by atoms with Gasteiger partial charge in [0.1, 0.15) is 5.69 Å². The number of nitro benzene ring substituents is 1. The Morgan fingerprint density at radius 2 is 1.50 bits per heavy atom. The Balaban J connectivity index is 0.00000146. The molecule has 2 rings (SSSR count). The van der Waals surface area contributed by atoms with Crippen LogP contribution in [0.15, 0.2) is 53.4 Å². The lowest BCUT2D eigenvalue weighted by molar-refractivity contribution is -0.384. The van der Waals surface area contributed by atoms with Crippen molar-refractivity contribution in [1.82, 2.24) is 4.31 Å². The molecular weight excluding hydrogens is 354 g/mol. The average Bonchev–Trinajstić information content (AvgIpc) is 2.65. The van der Waals surface area contributed by atoms with Crippen molar-refractivity contribution >= 4 is 27.1 Å². The van der Waals surface area contributed by atoms with E-state index in [1.807, 2.05) is 33.8 Å². The molecule has 2 aromatic rings. The Morgan fingerprint density at radius 3 is 1.96 bits per heavy atom. The summed E-state index contributed by atoms with van der Waals surface area (Å²) in [5, 5.41) is 14.1. The van der Waals surface area contributed by atoms with Crippen molar-refractivity contribution < 1.29 is 13.3 Å². The molecule has 0 heterocycles. The van der Waals surface area contributed by atoms with Crippen molar-refractivity contribution in [2.75, 3.05) is 19.4 Å². The van der Waals surface area contributed by atoms with E-state index in [1.54, 1.807) is 24.3 Å². The lowest BCUT2D eigenvalue weighted by Crippen LogP contribution is -2.22. The minimum atomic E-state index is -3.72. The number of rotatable bonds is 5. The lowest BCUT2D eigenvalue weighted by atomic mass is 10.2. The lowest BCUT2D eigenvalue weighted by Gasteiger charge is -2.12. The second-order valence-corrected chi connectivity index (χ2v) is 6.87. The van der Waals surface area contributed by atoms with Gasteiger partial charge >= 0.3 is 0 Å². The number of hydrogen-bond acceptors (Lipinski definition) is 5. The summed E-state index contributed by atoms with van der Waals surface area (Å²) in [6.45, 7) is 8.00. The van der Waals surface area contributed by atoms with Crippen molar-refractivity contribution in [3.63, 3.8) is 0 Å². The molecule has 0 spiro atoms. The summed E-state index contributed by atoms with van der Waals surface area (Å²) in [4.78, 5) is 10.5. The smallest absolute Gasteiger partial charge is 0.294 e. The van der Waals surface area contributed by atoms with Crippen LogP contribution in [0.4, 0.5) is 17.1 Å². The third-order valence-corrected chi connectivity index (χ3v) is 4.81. The van der Waals surface area contributed by atoms with Gasteiger partial charge in [0, 0.05) is 25.8 Å². The predicted octanol–water partition coefficient (Wildman–Crippen LogP) is 4.64. The van der Waals surface area contributed by atoms with E-state index in [2.05, 4.69) is 5.32 Å².